The van der Waals surface area contributed by atoms with E-state index >= 15 is 0 Å². The second kappa shape index (κ2) is 7.80. The molecule has 1 fully saturated rings. The van der Waals surface area contributed by atoms with E-state index in [-0.39, 0.29) is 0 Å². The Bertz CT molecular complexity index is 1340. The lowest BCUT2D eigenvalue weighted by molar-refractivity contribution is 0.460. The van der Waals surface area contributed by atoms with E-state index < -0.39 is 0 Å². The molecule has 1 saturated heterocycles. The van der Waals surface area contributed by atoms with Gasteiger partial charge in [0.15, 0.2) is 0 Å². The molecule has 4 aromatic rings. The molecule has 6 nitrogen and oxygen atoms in total. The average Bonchev–Trinajstić information content (AvgIpc) is 3.40. The van der Waals surface area contributed by atoms with Gasteiger partial charge in [0.1, 0.15) is 5.69 Å². The van der Waals surface area contributed by atoms with E-state index in [0.29, 0.717) is 12.3 Å². The lowest BCUT2D eigenvalue weighted by atomic mass is 9.89. The number of H-pyrrole nitrogens is 2. The highest BCUT2D eigenvalue weighted by Crippen LogP contribution is 2.36. The number of nitrogens with zero attached hydrogens (tertiary/aromatic N) is 2. The van der Waals surface area contributed by atoms with E-state index in [9.17, 15) is 0 Å². The average molecular weight is 423 g/mol. The summed E-state index contributed by atoms with van der Waals surface area (Å²) in [4.78, 5) is 7.80. The number of benzene rings is 1. The molecule has 0 saturated carbocycles. The van der Waals surface area contributed by atoms with Crippen LogP contribution in [0.15, 0.2) is 66.6 Å². The number of fused-ring (bicyclic) bond motifs is 2. The predicted molar refractivity (Wildman–Crippen MR) is 128 cm³/mol. The minimum Gasteiger partial charge on any atom is -0.402 e. The van der Waals surface area contributed by atoms with E-state index in [2.05, 4.69) is 50.7 Å². The van der Waals surface area contributed by atoms with E-state index in [0.717, 1.165) is 63.5 Å². The minimum absolute atomic E-state index is 0.606. The topological polar surface area (TPSA) is 95.4 Å². The molecule has 2 aliphatic rings. The Labute approximate surface area is 186 Å². The van der Waals surface area contributed by atoms with Crippen LogP contribution in [0.1, 0.15) is 41.1 Å². The van der Waals surface area contributed by atoms with Crippen molar-refractivity contribution in [1.82, 2.24) is 25.5 Å². The van der Waals surface area contributed by atoms with Gasteiger partial charge in [0.05, 0.1) is 11.2 Å². The fourth-order valence-electron chi connectivity index (χ4n) is 4.98. The van der Waals surface area contributed by atoms with Gasteiger partial charge in [-0.2, -0.15) is 5.10 Å². The van der Waals surface area contributed by atoms with Gasteiger partial charge < -0.3 is 16.0 Å². The van der Waals surface area contributed by atoms with Gasteiger partial charge in [-0.25, -0.2) is 0 Å². The highest BCUT2D eigenvalue weighted by molar-refractivity contribution is 5.94. The number of rotatable bonds is 3. The third-order valence-corrected chi connectivity index (χ3v) is 6.68. The van der Waals surface area contributed by atoms with Crippen LogP contribution in [0, 0.1) is 0 Å². The molecule has 0 atom stereocenters. The Balaban J connectivity index is 1.44. The van der Waals surface area contributed by atoms with Gasteiger partial charge in [-0.1, -0.05) is 12.1 Å². The van der Waals surface area contributed by atoms with Crippen molar-refractivity contribution in [2.24, 2.45) is 5.73 Å². The van der Waals surface area contributed by atoms with Crippen LogP contribution in [-0.2, 0) is 6.42 Å². The monoisotopic (exact) mass is 422 g/mol. The molecule has 160 valence electrons. The predicted octanol–water partition coefficient (Wildman–Crippen LogP) is 4.25. The number of hydrogen-bond donors (Lipinski definition) is 4. The summed E-state index contributed by atoms with van der Waals surface area (Å²) in [5.74, 6) is 0.606. The third kappa shape index (κ3) is 3.33. The molecule has 0 radical (unpaired) electrons. The molecule has 4 heterocycles. The van der Waals surface area contributed by atoms with Crippen LogP contribution in [0.5, 0.6) is 0 Å². The highest BCUT2D eigenvalue weighted by Gasteiger charge is 2.21. The van der Waals surface area contributed by atoms with Crippen LogP contribution >= 0.6 is 0 Å². The quantitative estimate of drug-likeness (QED) is 0.397. The Kier molecular flexibility index (Phi) is 4.65. The molecule has 0 spiro atoms. The summed E-state index contributed by atoms with van der Waals surface area (Å²) in [6, 6.07) is 13.0. The first kappa shape index (κ1) is 19.1. The normalized spacial score (nSPS) is 17.0. The molecule has 1 aromatic carbocycles. The molecule has 32 heavy (non-hydrogen) atoms. The van der Waals surface area contributed by atoms with Crippen molar-refractivity contribution in [3.05, 3.63) is 89.0 Å². The Morgan fingerprint density at radius 2 is 1.81 bits per heavy atom. The minimum atomic E-state index is 0.606. The number of nitrogens with one attached hydrogen (secondary N) is 3. The maximum absolute atomic E-state index is 6.27. The third-order valence-electron chi connectivity index (χ3n) is 6.68. The summed E-state index contributed by atoms with van der Waals surface area (Å²) in [6.07, 6.45) is 10.8. The van der Waals surface area contributed by atoms with E-state index in [1.54, 1.807) is 0 Å². The number of hydrogen-bond acceptors (Lipinski definition) is 4. The summed E-state index contributed by atoms with van der Waals surface area (Å²) in [5.41, 5.74) is 16.1. The van der Waals surface area contributed by atoms with Crippen LogP contribution in [0.25, 0.3) is 27.9 Å². The zero-order valence-electron chi connectivity index (χ0n) is 17.9. The maximum Gasteiger partial charge on any atom is 0.116 e. The number of piperidine rings is 1. The van der Waals surface area contributed by atoms with Gasteiger partial charge in [0.2, 0.25) is 0 Å². The van der Waals surface area contributed by atoms with Crippen LogP contribution in [-0.4, -0.2) is 33.3 Å². The molecule has 6 rings (SSSR count). The largest absolute Gasteiger partial charge is 0.402 e. The standard InChI is InChI=1S/C26H26N6/c27-19-2-3-20(17-7-11-29-12-8-17)21-15-25(30-24(21)14-19)26-22-13-18(1-4-23(22)31-32-26)16-5-9-28-10-6-16/h1-4,7-8,11-13,15-16,28,30H,5-6,9-10,14,27H2,(H,31,32). The van der Waals surface area contributed by atoms with Crippen molar-refractivity contribution < 1.29 is 0 Å². The molecule has 3 aromatic heterocycles. The van der Waals surface area contributed by atoms with Crippen molar-refractivity contribution >= 4 is 16.5 Å². The van der Waals surface area contributed by atoms with Crippen LogP contribution < -0.4 is 11.1 Å². The van der Waals surface area contributed by atoms with Gasteiger partial charge >= 0.3 is 0 Å². The molecule has 0 unspecified atom stereocenters. The van der Waals surface area contributed by atoms with E-state index in [1.165, 1.54) is 18.4 Å². The van der Waals surface area contributed by atoms with Gasteiger partial charge in [0.25, 0.3) is 0 Å². The van der Waals surface area contributed by atoms with Crippen molar-refractivity contribution in [2.45, 2.75) is 25.2 Å². The first-order valence-electron chi connectivity index (χ1n) is 11.2. The first-order chi connectivity index (χ1) is 15.8. The summed E-state index contributed by atoms with van der Waals surface area (Å²) >= 11 is 0. The number of nitrogens with two attached hydrogens (primary N) is 1. The summed E-state index contributed by atoms with van der Waals surface area (Å²) < 4.78 is 0. The number of aromatic nitrogens is 4. The van der Waals surface area contributed by atoms with E-state index in [4.69, 9.17) is 10.8 Å². The fraction of sp³-hybridized carbons (Fsp3) is 0.231. The lowest BCUT2D eigenvalue weighted by Gasteiger charge is -2.23. The molecule has 6 heteroatoms. The zero-order valence-corrected chi connectivity index (χ0v) is 17.9. The molecule has 1 aliphatic heterocycles. The van der Waals surface area contributed by atoms with Gasteiger partial charge in [-0.05, 0) is 85.0 Å². The van der Waals surface area contributed by atoms with Gasteiger partial charge in [-0.3, -0.25) is 10.1 Å². The molecule has 1 aliphatic carbocycles. The Hall–Kier alpha value is -3.64. The molecular weight excluding hydrogens is 396 g/mol. The van der Waals surface area contributed by atoms with Crippen molar-refractivity contribution in [3.63, 3.8) is 0 Å². The second-order valence-corrected chi connectivity index (χ2v) is 8.71. The Morgan fingerprint density at radius 3 is 2.66 bits per heavy atom. The maximum atomic E-state index is 6.27. The lowest BCUT2D eigenvalue weighted by Crippen LogP contribution is -2.26. The van der Waals surface area contributed by atoms with Crippen molar-refractivity contribution in [2.75, 3.05) is 13.1 Å². The highest BCUT2D eigenvalue weighted by atomic mass is 15.1. The van der Waals surface area contributed by atoms with Crippen LogP contribution in [0.3, 0.4) is 0 Å². The molecule has 0 amide bonds. The fourth-order valence-corrected chi connectivity index (χ4v) is 4.98. The summed E-state index contributed by atoms with van der Waals surface area (Å²) in [6.45, 7) is 2.17. The van der Waals surface area contributed by atoms with Crippen molar-refractivity contribution in [3.8, 4) is 11.4 Å². The smallest absolute Gasteiger partial charge is 0.116 e. The summed E-state index contributed by atoms with van der Waals surface area (Å²) in [5, 5.41) is 12.5. The van der Waals surface area contributed by atoms with Gasteiger partial charge in [-0.15, -0.1) is 0 Å². The SMILES string of the molecule is NC1=CC=C(c2ccncc2)c2cc(-c3n[nH]c4ccc(C5CCNCC5)cc34)[nH]c2C1. The van der Waals surface area contributed by atoms with E-state index in [1.807, 2.05) is 30.6 Å². The second-order valence-electron chi connectivity index (χ2n) is 8.71. The van der Waals surface area contributed by atoms with Crippen LogP contribution in [0.2, 0.25) is 0 Å². The Morgan fingerprint density at radius 1 is 0.969 bits per heavy atom. The number of allylic oxidation sites excluding steroid dienone is 3. The van der Waals surface area contributed by atoms with Crippen LogP contribution in [0.4, 0.5) is 0 Å². The molecular formula is C26H26N6. The molecule has 5 N–H and O–H groups in total. The number of aromatic amines is 2. The summed E-state index contributed by atoms with van der Waals surface area (Å²) in [7, 11) is 0. The first-order valence-corrected chi connectivity index (χ1v) is 11.2. The molecule has 0 bridgehead atoms. The van der Waals surface area contributed by atoms with Crippen molar-refractivity contribution in [1.29, 1.82) is 0 Å². The number of pyridine rings is 1. The van der Waals surface area contributed by atoms with Gasteiger partial charge in [0, 0.05) is 41.2 Å². The zero-order chi connectivity index (χ0) is 21.5.